The van der Waals surface area contributed by atoms with Gasteiger partial charge in [0.25, 0.3) is 0 Å². The zero-order valence-electron chi connectivity index (χ0n) is 9.73. The molecule has 3 heteroatoms. The van der Waals surface area contributed by atoms with Crippen molar-refractivity contribution in [2.24, 2.45) is 11.8 Å². The van der Waals surface area contributed by atoms with E-state index >= 15 is 0 Å². The molecule has 3 rings (SSSR count). The third-order valence-electron chi connectivity index (χ3n) is 4.04. The van der Waals surface area contributed by atoms with E-state index in [1.165, 1.54) is 19.3 Å². The largest absolute Gasteiger partial charge is 0.478 e. The monoisotopic (exact) mass is 231 g/mol. The molecule has 2 saturated carbocycles. The van der Waals surface area contributed by atoms with Gasteiger partial charge in [-0.1, -0.05) is 12.1 Å². The number of carboxylic acid groups (broad SMARTS) is 1. The highest BCUT2D eigenvalue weighted by atomic mass is 16.4. The lowest BCUT2D eigenvalue weighted by Gasteiger charge is -2.14. The van der Waals surface area contributed by atoms with Crippen molar-refractivity contribution in [2.45, 2.75) is 31.8 Å². The van der Waals surface area contributed by atoms with E-state index in [-0.39, 0.29) is 0 Å². The quantitative estimate of drug-likeness (QED) is 0.835. The third-order valence-corrected chi connectivity index (χ3v) is 4.04. The average Bonchev–Trinajstić information content (AvgIpc) is 2.95. The zero-order chi connectivity index (χ0) is 11.8. The molecule has 0 radical (unpaired) electrons. The second kappa shape index (κ2) is 4.15. The van der Waals surface area contributed by atoms with Crippen LogP contribution in [0.1, 0.15) is 35.2 Å². The van der Waals surface area contributed by atoms with Gasteiger partial charge in [0.05, 0.1) is 5.56 Å². The molecular formula is C14H17NO2. The standard InChI is InChI=1S/C14H17NO2/c16-14(17)10-3-1-9(2-4-10)8-15-13-6-11-5-12(11)7-13/h1-4,11-13,15H,5-8H2,(H,16,17). The number of hydrogen-bond donors (Lipinski definition) is 2. The first kappa shape index (κ1) is 10.8. The van der Waals surface area contributed by atoms with Crippen molar-refractivity contribution in [3.63, 3.8) is 0 Å². The summed E-state index contributed by atoms with van der Waals surface area (Å²) < 4.78 is 0. The summed E-state index contributed by atoms with van der Waals surface area (Å²) in [6, 6.07) is 7.81. The molecule has 0 aliphatic heterocycles. The molecule has 17 heavy (non-hydrogen) atoms. The van der Waals surface area contributed by atoms with E-state index in [0.29, 0.717) is 11.6 Å². The first-order valence-corrected chi connectivity index (χ1v) is 6.28. The first-order valence-electron chi connectivity index (χ1n) is 6.28. The molecule has 0 aromatic heterocycles. The van der Waals surface area contributed by atoms with Crippen LogP contribution < -0.4 is 5.32 Å². The van der Waals surface area contributed by atoms with Gasteiger partial charge in [0.15, 0.2) is 0 Å². The van der Waals surface area contributed by atoms with Crippen LogP contribution in [0.4, 0.5) is 0 Å². The minimum atomic E-state index is -0.861. The van der Waals surface area contributed by atoms with E-state index < -0.39 is 5.97 Å². The van der Waals surface area contributed by atoms with E-state index in [1.807, 2.05) is 12.1 Å². The molecule has 3 nitrogen and oxygen atoms in total. The predicted octanol–water partition coefficient (Wildman–Crippen LogP) is 2.27. The second-order valence-corrected chi connectivity index (χ2v) is 5.31. The Morgan fingerprint density at radius 2 is 1.82 bits per heavy atom. The number of rotatable bonds is 4. The Morgan fingerprint density at radius 3 is 2.41 bits per heavy atom. The van der Waals surface area contributed by atoms with Crippen molar-refractivity contribution in [3.8, 4) is 0 Å². The van der Waals surface area contributed by atoms with Crippen molar-refractivity contribution in [1.82, 2.24) is 5.32 Å². The predicted molar refractivity (Wildman–Crippen MR) is 64.9 cm³/mol. The van der Waals surface area contributed by atoms with E-state index in [0.717, 1.165) is 23.9 Å². The number of carbonyl (C=O) groups is 1. The first-order chi connectivity index (χ1) is 8.22. The molecule has 0 saturated heterocycles. The van der Waals surface area contributed by atoms with Crippen molar-refractivity contribution in [2.75, 3.05) is 0 Å². The van der Waals surface area contributed by atoms with Crippen LogP contribution >= 0.6 is 0 Å². The van der Waals surface area contributed by atoms with Gasteiger partial charge in [0.2, 0.25) is 0 Å². The van der Waals surface area contributed by atoms with Gasteiger partial charge in [0, 0.05) is 12.6 Å². The lowest BCUT2D eigenvalue weighted by Crippen LogP contribution is -2.26. The number of benzene rings is 1. The van der Waals surface area contributed by atoms with Crippen LogP contribution in [0.5, 0.6) is 0 Å². The van der Waals surface area contributed by atoms with Crippen molar-refractivity contribution in [1.29, 1.82) is 0 Å². The highest BCUT2D eigenvalue weighted by Gasteiger charge is 2.45. The molecule has 1 aromatic rings. The van der Waals surface area contributed by atoms with Crippen LogP contribution in [-0.4, -0.2) is 17.1 Å². The minimum absolute atomic E-state index is 0.357. The fraction of sp³-hybridized carbons (Fsp3) is 0.500. The summed E-state index contributed by atoms with van der Waals surface area (Å²) in [4.78, 5) is 10.7. The van der Waals surface area contributed by atoms with Gasteiger partial charge in [0.1, 0.15) is 0 Å². The maximum Gasteiger partial charge on any atom is 0.335 e. The molecule has 2 fully saturated rings. The second-order valence-electron chi connectivity index (χ2n) is 5.31. The molecule has 2 aliphatic rings. The lowest BCUT2D eigenvalue weighted by atomic mass is 10.1. The van der Waals surface area contributed by atoms with Crippen molar-refractivity contribution >= 4 is 5.97 Å². The minimum Gasteiger partial charge on any atom is -0.478 e. The van der Waals surface area contributed by atoms with E-state index in [4.69, 9.17) is 5.11 Å². The molecule has 1 aromatic carbocycles. The summed E-state index contributed by atoms with van der Waals surface area (Å²) in [6.45, 7) is 0.851. The van der Waals surface area contributed by atoms with E-state index in [1.54, 1.807) is 12.1 Å². The van der Waals surface area contributed by atoms with E-state index in [2.05, 4.69) is 5.32 Å². The fourth-order valence-electron chi connectivity index (χ4n) is 2.91. The van der Waals surface area contributed by atoms with Gasteiger partial charge < -0.3 is 10.4 Å². The molecule has 0 heterocycles. The number of aromatic carboxylic acids is 1. The van der Waals surface area contributed by atoms with Crippen LogP contribution in [0.2, 0.25) is 0 Å². The summed E-state index contributed by atoms with van der Waals surface area (Å²) in [5, 5.41) is 12.4. The van der Waals surface area contributed by atoms with Crippen LogP contribution in [-0.2, 0) is 6.54 Å². The highest BCUT2D eigenvalue weighted by molar-refractivity contribution is 5.87. The molecule has 2 N–H and O–H groups in total. The number of fused-ring (bicyclic) bond motifs is 1. The number of nitrogens with one attached hydrogen (secondary N) is 1. The van der Waals surface area contributed by atoms with Gasteiger partial charge >= 0.3 is 5.97 Å². The molecule has 90 valence electrons. The Labute approximate surface area is 101 Å². The summed E-state index contributed by atoms with van der Waals surface area (Å²) in [7, 11) is 0. The summed E-state index contributed by atoms with van der Waals surface area (Å²) in [5.74, 6) is 1.14. The van der Waals surface area contributed by atoms with Gasteiger partial charge in [-0.25, -0.2) is 4.79 Å². The fourth-order valence-corrected chi connectivity index (χ4v) is 2.91. The third kappa shape index (κ3) is 2.34. The Hall–Kier alpha value is -1.35. The Bertz CT molecular complexity index is 416. The Kier molecular flexibility index (Phi) is 2.63. The smallest absolute Gasteiger partial charge is 0.335 e. The van der Waals surface area contributed by atoms with E-state index in [9.17, 15) is 4.79 Å². The summed E-state index contributed by atoms with van der Waals surface area (Å²) >= 11 is 0. The van der Waals surface area contributed by atoms with Crippen LogP contribution in [0.3, 0.4) is 0 Å². The zero-order valence-corrected chi connectivity index (χ0v) is 9.73. The Morgan fingerprint density at radius 1 is 1.18 bits per heavy atom. The van der Waals surface area contributed by atoms with Gasteiger partial charge in [-0.05, 0) is 48.8 Å². The lowest BCUT2D eigenvalue weighted by molar-refractivity contribution is 0.0697. The molecular weight excluding hydrogens is 214 g/mol. The highest BCUT2D eigenvalue weighted by Crippen LogP contribution is 2.51. The number of hydrogen-bond acceptors (Lipinski definition) is 2. The maximum absolute atomic E-state index is 10.7. The summed E-state index contributed by atoms with van der Waals surface area (Å²) in [6.07, 6.45) is 4.11. The Balaban J connectivity index is 1.52. The molecule has 2 unspecified atom stereocenters. The average molecular weight is 231 g/mol. The van der Waals surface area contributed by atoms with Gasteiger partial charge in [-0.2, -0.15) is 0 Å². The van der Waals surface area contributed by atoms with Crippen LogP contribution in [0.15, 0.2) is 24.3 Å². The summed E-state index contributed by atoms with van der Waals surface area (Å²) in [5.41, 5.74) is 1.52. The topological polar surface area (TPSA) is 49.3 Å². The normalized spacial score (nSPS) is 30.0. The van der Waals surface area contributed by atoms with Gasteiger partial charge in [-0.3, -0.25) is 0 Å². The van der Waals surface area contributed by atoms with Crippen molar-refractivity contribution in [3.05, 3.63) is 35.4 Å². The number of carboxylic acids is 1. The van der Waals surface area contributed by atoms with Crippen molar-refractivity contribution < 1.29 is 9.90 Å². The maximum atomic E-state index is 10.7. The molecule has 0 amide bonds. The van der Waals surface area contributed by atoms with Crippen LogP contribution in [0.25, 0.3) is 0 Å². The molecule has 0 spiro atoms. The molecule has 0 bridgehead atoms. The molecule has 2 atom stereocenters. The van der Waals surface area contributed by atoms with Gasteiger partial charge in [-0.15, -0.1) is 0 Å². The SMILES string of the molecule is O=C(O)c1ccc(CNC2CC3CC3C2)cc1. The molecule has 2 aliphatic carbocycles. The van der Waals surface area contributed by atoms with Crippen LogP contribution in [0, 0.1) is 11.8 Å².